The van der Waals surface area contributed by atoms with Crippen molar-refractivity contribution in [2.75, 3.05) is 6.54 Å². The second-order valence-corrected chi connectivity index (χ2v) is 10.9. The molecule has 1 aliphatic heterocycles. The average molecular weight is 499 g/mol. The molecule has 188 valence electrons. The van der Waals surface area contributed by atoms with E-state index < -0.39 is 23.6 Å². The third-order valence-corrected chi connectivity index (χ3v) is 7.13. The predicted octanol–water partition coefficient (Wildman–Crippen LogP) is 2.89. The smallest absolute Gasteiger partial charge is 0.246 e. The molecule has 0 saturated carbocycles. The summed E-state index contributed by atoms with van der Waals surface area (Å²) in [6.45, 7) is 13.1. The number of nitrogens with one attached hydrogen (secondary N) is 2. The Morgan fingerprint density at radius 3 is 2.63 bits per heavy atom. The van der Waals surface area contributed by atoms with Crippen LogP contribution in [-0.2, 0) is 20.9 Å². The second-order valence-electron chi connectivity index (χ2n) is 10.00. The number of carbonyl (C=O) groups is 3. The number of likely N-dealkylation sites (tertiary alicyclic amines) is 1. The van der Waals surface area contributed by atoms with Crippen LogP contribution < -0.4 is 10.6 Å². The molecule has 3 rings (SSSR count). The van der Waals surface area contributed by atoms with E-state index >= 15 is 0 Å². The largest absolute Gasteiger partial charge is 0.391 e. The fourth-order valence-electron chi connectivity index (χ4n) is 4.29. The van der Waals surface area contributed by atoms with Gasteiger partial charge in [0.15, 0.2) is 0 Å². The van der Waals surface area contributed by atoms with Crippen LogP contribution in [0.2, 0.25) is 0 Å². The van der Waals surface area contributed by atoms with Crippen LogP contribution in [0.1, 0.15) is 50.9 Å². The van der Waals surface area contributed by atoms with Crippen LogP contribution in [0, 0.1) is 12.3 Å². The summed E-state index contributed by atoms with van der Waals surface area (Å²) in [4.78, 5) is 45.0. The SMILES string of the molecule is C=Cc1cc(-c2scnc2C)ccc1CNC(=O)[C@@H]1C[C@@H](O)CN1C(=O)[C@@H](NC(C)=O)C(C)(C)C. The summed E-state index contributed by atoms with van der Waals surface area (Å²) in [5.41, 5.74) is 5.04. The summed E-state index contributed by atoms with van der Waals surface area (Å²) >= 11 is 1.57. The Bertz CT molecular complexity index is 1120. The van der Waals surface area contributed by atoms with Crippen molar-refractivity contribution in [3.63, 3.8) is 0 Å². The molecule has 1 fully saturated rings. The molecule has 0 spiro atoms. The highest BCUT2D eigenvalue weighted by Gasteiger charge is 2.44. The Labute approximate surface area is 210 Å². The Kier molecular flexibility index (Phi) is 8.12. The highest BCUT2D eigenvalue weighted by molar-refractivity contribution is 7.13. The Hall–Kier alpha value is -3.04. The number of hydrogen-bond acceptors (Lipinski definition) is 6. The van der Waals surface area contributed by atoms with E-state index in [0.717, 1.165) is 27.3 Å². The van der Waals surface area contributed by atoms with E-state index in [1.807, 2.05) is 51.4 Å². The van der Waals surface area contributed by atoms with E-state index in [4.69, 9.17) is 0 Å². The first-order chi connectivity index (χ1) is 16.4. The minimum Gasteiger partial charge on any atom is -0.391 e. The minimum atomic E-state index is -0.817. The van der Waals surface area contributed by atoms with Crippen molar-refractivity contribution in [3.8, 4) is 10.4 Å². The van der Waals surface area contributed by atoms with Crippen molar-refractivity contribution >= 4 is 35.1 Å². The molecule has 35 heavy (non-hydrogen) atoms. The number of thiazole rings is 1. The highest BCUT2D eigenvalue weighted by atomic mass is 32.1. The van der Waals surface area contributed by atoms with Gasteiger partial charge in [-0.3, -0.25) is 14.4 Å². The molecule has 3 atom stereocenters. The van der Waals surface area contributed by atoms with Crippen LogP contribution in [0.25, 0.3) is 16.5 Å². The fourth-order valence-corrected chi connectivity index (χ4v) is 5.09. The molecule has 1 aromatic heterocycles. The lowest BCUT2D eigenvalue weighted by molar-refractivity contribution is -0.143. The van der Waals surface area contributed by atoms with Gasteiger partial charge < -0.3 is 20.6 Å². The van der Waals surface area contributed by atoms with Crippen molar-refractivity contribution in [1.29, 1.82) is 0 Å². The zero-order valence-corrected chi connectivity index (χ0v) is 21.7. The average Bonchev–Trinajstić information content (AvgIpc) is 3.39. The zero-order chi connectivity index (χ0) is 25.9. The maximum Gasteiger partial charge on any atom is 0.246 e. The van der Waals surface area contributed by atoms with Crippen LogP contribution >= 0.6 is 11.3 Å². The summed E-state index contributed by atoms with van der Waals surface area (Å²) in [6, 6.07) is 4.33. The molecule has 1 aliphatic rings. The van der Waals surface area contributed by atoms with Gasteiger partial charge in [0, 0.05) is 26.4 Å². The molecule has 0 unspecified atom stereocenters. The van der Waals surface area contributed by atoms with Crippen LogP contribution in [0.15, 0.2) is 30.3 Å². The maximum atomic E-state index is 13.3. The van der Waals surface area contributed by atoms with Crippen molar-refractivity contribution < 1.29 is 19.5 Å². The van der Waals surface area contributed by atoms with Gasteiger partial charge in [0.05, 0.1) is 22.2 Å². The Morgan fingerprint density at radius 2 is 2.06 bits per heavy atom. The molecule has 0 aliphatic carbocycles. The molecule has 8 nitrogen and oxygen atoms in total. The molecule has 9 heteroatoms. The van der Waals surface area contributed by atoms with E-state index in [9.17, 15) is 19.5 Å². The van der Waals surface area contributed by atoms with Gasteiger partial charge in [0.1, 0.15) is 12.1 Å². The molecule has 2 aromatic rings. The predicted molar refractivity (Wildman–Crippen MR) is 137 cm³/mol. The monoisotopic (exact) mass is 498 g/mol. The zero-order valence-electron chi connectivity index (χ0n) is 20.9. The third kappa shape index (κ3) is 6.15. The quantitative estimate of drug-likeness (QED) is 0.544. The third-order valence-electron chi connectivity index (χ3n) is 6.15. The Morgan fingerprint density at radius 1 is 1.34 bits per heavy atom. The first-order valence-corrected chi connectivity index (χ1v) is 12.5. The minimum absolute atomic E-state index is 0.0455. The summed E-state index contributed by atoms with van der Waals surface area (Å²) in [7, 11) is 0. The van der Waals surface area contributed by atoms with Crippen LogP contribution in [0.4, 0.5) is 0 Å². The first-order valence-electron chi connectivity index (χ1n) is 11.6. The van der Waals surface area contributed by atoms with Crippen LogP contribution in [0.5, 0.6) is 0 Å². The molecule has 1 aromatic carbocycles. The van der Waals surface area contributed by atoms with E-state index in [1.165, 1.54) is 11.8 Å². The van der Waals surface area contributed by atoms with Gasteiger partial charge in [-0.05, 0) is 35.1 Å². The van der Waals surface area contributed by atoms with E-state index in [2.05, 4.69) is 22.2 Å². The van der Waals surface area contributed by atoms with Crippen molar-refractivity contribution in [1.82, 2.24) is 20.5 Å². The van der Waals surface area contributed by atoms with Gasteiger partial charge >= 0.3 is 0 Å². The highest BCUT2D eigenvalue weighted by Crippen LogP contribution is 2.30. The number of benzene rings is 1. The van der Waals surface area contributed by atoms with Crippen molar-refractivity contribution in [2.45, 2.75) is 65.8 Å². The molecule has 3 amide bonds. The summed E-state index contributed by atoms with van der Waals surface area (Å²) in [5, 5.41) is 15.9. The molecule has 1 saturated heterocycles. The number of nitrogens with zero attached hydrogens (tertiary/aromatic N) is 2. The van der Waals surface area contributed by atoms with Crippen molar-refractivity contribution in [2.24, 2.45) is 5.41 Å². The van der Waals surface area contributed by atoms with Gasteiger partial charge in [-0.25, -0.2) is 4.98 Å². The molecule has 2 heterocycles. The van der Waals surface area contributed by atoms with Crippen molar-refractivity contribution in [3.05, 3.63) is 47.1 Å². The summed E-state index contributed by atoms with van der Waals surface area (Å²) in [6.07, 6.45) is 1.09. The molecule has 0 bridgehead atoms. The normalized spacial score (nSPS) is 18.7. The van der Waals surface area contributed by atoms with E-state index in [-0.39, 0.29) is 37.2 Å². The first kappa shape index (κ1) is 26.6. The van der Waals surface area contributed by atoms with E-state index in [1.54, 1.807) is 17.4 Å². The van der Waals surface area contributed by atoms with Gasteiger partial charge in [-0.1, -0.05) is 45.6 Å². The number of β-amino-alcohol motifs (C(OH)–C–C–N with tert-alkyl or cyclic N) is 1. The molecule has 0 radical (unpaired) electrons. The molecule has 3 N–H and O–H groups in total. The van der Waals surface area contributed by atoms with E-state index in [0.29, 0.717) is 0 Å². The number of aliphatic hydroxyl groups excluding tert-OH is 1. The summed E-state index contributed by atoms with van der Waals surface area (Å²) < 4.78 is 0. The number of aryl methyl sites for hydroxylation is 1. The van der Waals surface area contributed by atoms with Gasteiger partial charge in [0.25, 0.3) is 0 Å². The second kappa shape index (κ2) is 10.7. The number of aliphatic hydroxyl groups is 1. The standard InChI is InChI=1S/C26H34N4O4S/c1-7-17-10-18(22-15(2)28-14-35-22)8-9-19(17)12-27-24(33)21-11-20(32)13-30(21)25(34)23(26(4,5)6)29-16(3)31/h7-10,14,20-21,23,32H,1,11-13H2,2-6H3,(H,27,33)(H,29,31)/t20-,21+,23-/m1/s1. The lowest BCUT2D eigenvalue weighted by Gasteiger charge is -2.35. The maximum absolute atomic E-state index is 13.3. The van der Waals surface area contributed by atoms with Gasteiger partial charge in [-0.15, -0.1) is 11.3 Å². The Balaban J connectivity index is 1.75. The summed E-state index contributed by atoms with van der Waals surface area (Å²) in [5.74, 6) is -1.05. The number of hydrogen-bond donors (Lipinski definition) is 3. The lowest BCUT2D eigenvalue weighted by atomic mass is 9.85. The number of carbonyl (C=O) groups excluding carboxylic acids is 3. The number of amides is 3. The van der Waals surface area contributed by atoms with Gasteiger partial charge in [-0.2, -0.15) is 0 Å². The topological polar surface area (TPSA) is 112 Å². The number of rotatable bonds is 7. The lowest BCUT2D eigenvalue weighted by Crippen LogP contribution is -2.57. The van der Waals surface area contributed by atoms with Gasteiger partial charge in [0.2, 0.25) is 17.7 Å². The van der Waals surface area contributed by atoms with Crippen LogP contribution in [-0.4, -0.2) is 57.4 Å². The molecular weight excluding hydrogens is 464 g/mol. The fraction of sp³-hybridized carbons (Fsp3) is 0.462. The molecular formula is C26H34N4O4S. The number of aromatic nitrogens is 1. The van der Waals surface area contributed by atoms with Crippen LogP contribution in [0.3, 0.4) is 0 Å².